The number of fused-ring (bicyclic) bond motifs is 1. The van der Waals surface area contributed by atoms with Crippen molar-refractivity contribution >= 4 is 18.0 Å². The molecule has 0 atom stereocenters. The summed E-state index contributed by atoms with van der Waals surface area (Å²) in [5.41, 5.74) is 1.61. The van der Waals surface area contributed by atoms with Gasteiger partial charge in [0.15, 0.2) is 0 Å². The largest absolute Gasteiger partial charge is 0.417 e. The van der Waals surface area contributed by atoms with Crippen LogP contribution in [0.4, 0.5) is 0 Å². The van der Waals surface area contributed by atoms with Gasteiger partial charge in [-0.25, -0.2) is 0 Å². The van der Waals surface area contributed by atoms with Gasteiger partial charge in [0.2, 0.25) is 0 Å². The third-order valence-electron chi connectivity index (χ3n) is 3.19. The van der Waals surface area contributed by atoms with E-state index in [1.807, 2.05) is 36.4 Å². The first-order chi connectivity index (χ1) is 9.61. The maximum absolute atomic E-state index is 11.7. The van der Waals surface area contributed by atoms with Gasteiger partial charge in [-0.2, -0.15) is 0 Å². The summed E-state index contributed by atoms with van der Waals surface area (Å²) < 4.78 is 11.0. The Labute approximate surface area is 118 Å². The third-order valence-corrected chi connectivity index (χ3v) is 3.19. The SMILES string of the molecule is CCC(=O)OC1(OC(=O)CC)CC=Cc2ccccc21. The van der Waals surface area contributed by atoms with Crippen molar-refractivity contribution in [2.24, 2.45) is 0 Å². The molecule has 0 fully saturated rings. The van der Waals surface area contributed by atoms with Crippen molar-refractivity contribution in [3.05, 3.63) is 41.5 Å². The van der Waals surface area contributed by atoms with Crippen LogP contribution in [0.5, 0.6) is 0 Å². The van der Waals surface area contributed by atoms with Gasteiger partial charge in [-0.1, -0.05) is 50.3 Å². The molecule has 1 aromatic carbocycles. The van der Waals surface area contributed by atoms with Crippen molar-refractivity contribution in [3.8, 4) is 0 Å². The molecule has 20 heavy (non-hydrogen) atoms. The maximum Gasteiger partial charge on any atom is 0.309 e. The fourth-order valence-corrected chi connectivity index (χ4v) is 2.17. The van der Waals surface area contributed by atoms with Crippen molar-refractivity contribution in [2.45, 2.75) is 38.9 Å². The van der Waals surface area contributed by atoms with Gasteiger partial charge in [-0.05, 0) is 5.56 Å². The number of ether oxygens (including phenoxy) is 2. The van der Waals surface area contributed by atoms with Gasteiger partial charge < -0.3 is 9.47 Å². The third kappa shape index (κ3) is 2.74. The normalized spacial score (nSPS) is 15.3. The average Bonchev–Trinajstić information content (AvgIpc) is 2.47. The van der Waals surface area contributed by atoms with Crippen LogP contribution in [-0.2, 0) is 24.8 Å². The Morgan fingerprint density at radius 1 is 1.10 bits per heavy atom. The Kier molecular flexibility index (Phi) is 4.23. The number of hydrogen-bond donors (Lipinski definition) is 0. The summed E-state index contributed by atoms with van der Waals surface area (Å²) in [6.07, 6.45) is 4.59. The van der Waals surface area contributed by atoms with Crippen LogP contribution < -0.4 is 0 Å². The quantitative estimate of drug-likeness (QED) is 0.625. The minimum atomic E-state index is -1.33. The monoisotopic (exact) mass is 274 g/mol. The van der Waals surface area contributed by atoms with E-state index in [1.54, 1.807) is 13.8 Å². The van der Waals surface area contributed by atoms with E-state index in [4.69, 9.17) is 9.47 Å². The second-order valence-corrected chi connectivity index (χ2v) is 4.60. The number of esters is 2. The highest BCUT2D eigenvalue weighted by atomic mass is 16.7. The van der Waals surface area contributed by atoms with Crippen LogP contribution in [0.1, 0.15) is 44.2 Å². The lowest BCUT2D eigenvalue weighted by Crippen LogP contribution is -2.38. The van der Waals surface area contributed by atoms with E-state index in [1.165, 1.54) is 0 Å². The Bertz CT molecular complexity index is 527. The number of carbonyl (C=O) groups excluding carboxylic acids is 2. The topological polar surface area (TPSA) is 52.6 Å². The molecule has 0 aromatic heterocycles. The smallest absolute Gasteiger partial charge is 0.309 e. The molecule has 0 heterocycles. The Balaban J connectivity index is 2.44. The molecule has 2 rings (SSSR count). The highest BCUT2D eigenvalue weighted by Gasteiger charge is 2.42. The molecule has 0 spiro atoms. The van der Waals surface area contributed by atoms with Gasteiger partial charge in [0.05, 0.1) is 0 Å². The minimum Gasteiger partial charge on any atom is -0.417 e. The molecule has 106 valence electrons. The first-order valence-corrected chi connectivity index (χ1v) is 6.81. The molecule has 1 aromatic rings. The highest BCUT2D eigenvalue weighted by Crippen LogP contribution is 2.38. The highest BCUT2D eigenvalue weighted by molar-refractivity contribution is 5.73. The Morgan fingerprint density at radius 2 is 1.70 bits per heavy atom. The molecule has 4 nitrogen and oxygen atoms in total. The predicted molar refractivity (Wildman–Crippen MR) is 74.5 cm³/mol. The van der Waals surface area contributed by atoms with Crippen molar-refractivity contribution in [2.75, 3.05) is 0 Å². The summed E-state index contributed by atoms with van der Waals surface area (Å²) in [6.45, 7) is 3.42. The second-order valence-electron chi connectivity index (χ2n) is 4.60. The van der Waals surface area contributed by atoms with Crippen LogP contribution in [-0.4, -0.2) is 11.9 Å². The number of carbonyl (C=O) groups is 2. The average molecular weight is 274 g/mol. The Hall–Kier alpha value is -2.10. The van der Waals surface area contributed by atoms with Crippen LogP contribution in [0.25, 0.3) is 6.08 Å². The number of rotatable bonds is 4. The van der Waals surface area contributed by atoms with Crippen molar-refractivity contribution in [1.29, 1.82) is 0 Å². The van der Waals surface area contributed by atoms with Gasteiger partial charge in [-0.15, -0.1) is 0 Å². The summed E-state index contributed by atoms with van der Waals surface area (Å²) in [5.74, 6) is -2.11. The van der Waals surface area contributed by atoms with Crippen molar-refractivity contribution < 1.29 is 19.1 Å². The van der Waals surface area contributed by atoms with E-state index >= 15 is 0 Å². The predicted octanol–water partition coefficient (Wildman–Crippen LogP) is 3.16. The second kappa shape index (κ2) is 5.90. The van der Waals surface area contributed by atoms with Crippen LogP contribution in [0.3, 0.4) is 0 Å². The molecule has 0 N–H and O–H groups in total. The van der Waals surface area contributed by atoms with E-state index in [0.717, 1.165) is 5.56 Å². The lowest BCUT2D eigenvalue weighted by molar-refractivity contribution is -0.234. The summed E-state index contributed by atoms with van der Waals surface area (Å²) in [4.78, 5) is 23.5. The summed E-state index contributed by atoms with van der Waals surface area (Å²) in [5, 5.41) is 0. The molecule has 1 aliphatic carbocycles. The van der Waals surface area contributed by atoms with E-state index in [9.17, 15) is 9.59 Å². The molecule has 0 radical (unpaired) electrons. The fraction of sp³-hybridized carbons (Fsp3) is 0.375. The zero-order valence-electron chi connectivity index (χ0n) is 11.7. The zero-order valence-corrected chi connectivity index (χ0v) is 11.7. The summed E-state index contributed by atoms with van der Waals surface area (Å²) in [7, 11) is 0. The molecular weight excluding hydrogens is 256 g/mol. The van der Waals surface area contributed by atoms with Crippen LogP contribution in [0, 0.1) is 0 Å². The van der Waals surface area contributed by atoms with Gasteiger partial charge in [0.25, 0.3) is 5.79 Å². The zero-order chi connectivity index (χ0) is 14.6. The number of benzene rings is 1. The molecule has 0 unspecified atom stereocenters. The summed E-state index contributed by atoms with van der Waals surface area (Å²) >= 11 is 0. The van der Waals surface area contributed by atoms with Crippen LogP contribution in [0.2, 0.25) is 0 Å². The number of hydrogen-bond acceptors (Lipinski definition) is 4. The first-order valence-electron chi connectivity index (χ1n) is 6.81. The van der Waals surface area contributed by atoms with Gasteiger partial charge in [0, 0.05) is 24.8 Å². The minimum absolute atomic E-state index is 0.233. The van der Waals surface area contributed by atoms with Gasteiger partial charge in [-0.3, -0.25) is 9.59 Å². The Morgan fingerprint density at radius 3 is 2.30 bits per heavy atom. The molecular formula is C16H18O4. The molecule has 0 bridgehead atoms. The van der Waals surface area contributed by atoms with Crippen LogP contribution >= 0.6 is 0 Å². The van der Waals surface area contributed by atoms with Crippen molar-refractivity contribution in [1.82, 2.24) is 0 Å². The first kappa shape index (κ1) is 14.3. The molecule has 0 saturated heterocycles. The van der Waals surface area contributed by atoms with E-state index in [0.29, 0.717) is 12.0 Å². The lowest BCUT2D eigenvalue weighted by atomic mass is 9.91. The molecule has 0 aliphatic heterocycles. The van der Waals surface area contributed by atoms with E-state index < -0.39 is 5.79 Å². The molecule has 0 amide bonds. The molecule has 4 heteroatoms. The lowest BCUT2D eigenvalue weighted by Gasteiger charge is -2.35. The maximum atomic E-state index is 11.7. The standard InChI is InChI=1S/C16H18O4/c1-3-14(17)19-16(20-15(18)4-2)11-7-9-12-8-5-6-10-13(12)16/h5-10H,3-4,11H2,1-2H3. The van der Waals surface area contributed by atoms with E-state index in [-0.39, 0.29) is 24.8 Å². The van der Waals surface area contributed by atoms with Gasteiger partial charge in [0.1, 0.15) is 0 Å². The van der Waals surface area contributed by atoms with E-state index in [2.05, 4.69) is 0 Å². The molecule has 1 aliphatic rings. The van der Waals surface area contributed by atoms with Gasteiger partial charge >= 0.3 is 11.9 Å². The summed E-state index contributed by atoms with van der Waals surface area (Å²) in [6, 6.07) is 7.46. The van der Waals surface area contributed by atoms with Crippen LogP contribution in [0.15, 0.2) is 30.3 Å². The molecule has 0 saturated carbocycles. The fourth-order valence-electron chi connectivity index (χ4n) is 2.17. The van der Waals surface area contributed by atoms with Crippen molar-refractivity contribution in [3.63, 3.8) is 0 Å².